The molecule has 1 N–H and O–H groups in total. The van der Waals surface area contributed by atoms with E-state index in [1.807, 2.05) is 7.05 Å². The molecule has 0 saturated carbocycles. The molecular weight excluding hydrogens is 278 g/mol. The van der Waals surface area contributed by atoms with E-state index in [1.54, 1.807) is 6.07 Å². The lowest BCUT2D eigenvalue weighted by atomic mass is 10.1. The molecule has 1 aromatic heterocycles. The van der Waals surface area contributed by atoms with Gasteiger partial charge in [0.05, 0.1) is 6.61 Å². The Bertz CT molecular complexity index is 544. The van der Waals surface area contributed by atoms with Gasteiger partial charge in [0.2, 0.25) is 0 Å². The lowest BCUT2D eigenvalue weighted by Crippen LogP contribution is -2.52. The van der Waals surface area contributed by atoms with Gasteiger partial charge in [0.25, 0.3) is 10.0 Å². The van der Waals surface area contributed by atoms with E-state index in [9.17, 15) is 8.42 Å². The molecule has 0 bridgehead atoms. The van der Waals surface area contributed by atoms with E-state index in [2.05, 4.69) is 16.8 Å². The van der Waals surface area contributed by atoms with Gasteiger partial charge < -0.3 is 10.0 Å². The SMILES string of the molecule is CCC1CN(S(=O)(=O)c2ccc(CO)cn2)CCN1C. The number of likely N-dealkylation sites (N-methyl/N-ethyl adjacent to an activating group) is 1. The van der Waals surface area contributed by atoms with Crippen molar-refractivity contribution in [2.75, 3.05) is 26.7 Å². The maximum Gasteiger partial charge on any atom is 0.260 e. The highest BCUT2D eigenvalue weighted by Crippen LogP contribution is 2.19. The van der Waals surface area contributed by atoms with Crippen LogP contribution in [0.15, 0.2) is 23.4 Å². The van der Waals surface area contributed by atoms with Crippen LogP contribution in [0, 0.1) is 0 Å². The topological polar surface area (TPSA) is 73.7 Å². The summed E-state index contributed by atoms with van der Waals surface area (Å²) in [6.45, 7) is 3.63. The number of aliphatic hydroxyl groups excluding tert-OH is 1. The van der Waals surface area contributed by atoms with Crippen LogP contribution in [-0.4, -0.2) is 60.4 Å². The summed E-state index contributed by atoms with van der Waals surface area (Å²) >= 11 is 0. The Morgan fingerprint density at radius 3 is 2.70 bits per heavy atom. The summed E-state index contributed by atoms with van der Waals surface area (Å²) in [7, 11) is -1.52. The summed E-state index contributed by atoms with van der Waals surface area (Å²) in [4.78, 5) is 6.15. The number of aromatic nitrogens is 1. The van der Waals surface area contributed by atoms with Gasteiger partial charge in [-0.05, 0) is 25.1 Å². The van der Waals surface area contributed by atoms with Crippen LogP contribution < -0.4 is 0 Å². The van der Waals surface area contributed by atoms with Crippen molar-refractivity contribution in [1.82, 2.24) is 14.2 Å². The molecular formula is C13H21N3O3S. The minimum Gasteiger partial charge on any atom is -0.392 e. The molecule has 0 aliphatic carbocycles. The predicted molar refractivity (Wildman–Crippen MR) is 75.6 cm³/mol. The predicted octanol–water partition coefficient (Wildman–Crippen LogP) is 0.289. The van der Waals surface area contributed by atoms with Crippen LogP contribution in [0.25, 0.3) is 0 Å². The van der Waals surface area contributed by atoms with Gasteiger partial charge in [-0.15, -0.1) is 0 Å². The maximum absolute atomic E-state index is 12.5. The standard InChI is InChI=1S/C13H21N3O3S/c1-3-12-9-16(7-6-15(12)2)20(18,19)13-5-4-11(10-17)8-14-13/h4-5,8,12,17H,3,6-7,9-10H2,1-2H3. The molecule has 2 heterocycles. The molecule has 1 unspecified atom stereocenters. The number of sulfonamides is 1. The van der Waals surface area contributed by atoms with E-state index in [4.69, 9.17) is 5.11 Å². The summed E-state index contributed by atoms with van der Waals surface area (Å²) in [5.74, 6) is 0. The van der Waals surface area contributed by atoms with Crippen LogP contribution in [0.1, 0.15) is 18.9 Å². The largest absolute Gasteiger partial charge is 0.392 e. The summed E-state index contributed by atoms with van der Waals surface area (Å²) in [6.07, 6.45) is 2.32. The molecule has 1 fully saturated rings. The highest BCUT2D eigenvalue weighted by molar-refractivity contribution is 7.89. The Labute approximate surface area is 120 Å². The molecule has 6 nitrogen and oxygen atoms in total. The molecule has 0 radical (unpaired) electrons. The van der Waals surface area contributed by atoms with Crippen molar-refractivity contribution in [1.29, 1.82) is 0 Å². The van der Waals surface area contributed by atoms with Crippen LogP contribution in [0.3, 0.4) is 0 Å². The Morgan fingerprint density at radius 1 is 1.40 bits per heavy atom. The van der Waals surface area contributed by atoms with Crippen molar-refractivity contribution in [3.63, 3.8) is 0 Å². The summed E-state index contributed by atoms with van der Waals surface area (Å²) in [5.41, 5.74) is 0.605. The second kappa shape index (κ2) is 6.17. The third-order valence-corrected chi connectivity index (χ3v) is 5.58. The number of piperazine rings is 1. The van der Waals surface area contributed by atoms with E-state index in [0.717, 1.165) is 13.0 Å². The van der Waals surface area contributed by atoms with Crippen LogP contribution in [0.5, 0.6) is 0 Å². The summed E-state index contributed by atoms with van der Waals surface area (Å²) < 4.78 is 26.6. The van der Waals surface area contributed by atoms with Crippen molar-refractivity contribution in [2.24, 2.45) is 0 Å². The molecule has 112 valence electrons. The Kier molecular flexibility index (Phi) is 4.74. The number of hydrogen-bond acceptors (Lipinski definition) is 5. The second-order valence-corrected chi connectivity index (χ2v) is 6.95. The third-order valence-electron chi connectivity index (χ3n) is 3.80. The van der Waals surface area contributed by atoms with Crippen molar-refractivity contribution in [3.8, 4) is 0 Å². The fourth-order valence-electron chi connectivity index (χ4n) is 2.37. The quantitative estimate of drug-likeness (QED) is 0.865. The van der Waals surface area contributed by atoms with Crippen molar-refractivity contribution in [3.05, 3.63) is 23.9 Å². The number of hydrogen-bond donors (Lipinski definition) is 1. The fraction of sp³-hybridized carbons (Fsp3) is 0.615. The highest BCUT2D eigenvalue weighted by Gasteiger charge is 2.32. The zero-order valence-electron chi connectivity index (χ0n) is 11.9. The minimum atomic E-state index is -3.54. The monoisotopic (exact) mass is 299 g/mol. The third kappa shape index (κ3) is 3.01. The highest BCUT2D eigenvalue weighted by atomic mass is 32.2. The van der Waals surface area contributed by atoms with Gasteiger partial charge in [0.15, 0.2) is 5.03 Å². The molecule has 1 aromatic rings. The first-order valence-corrected chi connectivity index (χ1v) is 8.19. The van der Waals surface area contributed by atoms with Crippen molar-refractivity contribution < 1.29 is 13.5 Å². The lowest BCUT2D eigenvalue weighted by molar-refractivity contribution is 0.144. The first kappa shape index (κ1) is 15.4. The van der Waals surface area contributed by atoms with Gasteiger partial charge in [-0.3, -0.25) is 0 Å². The van der Waals surface area contributed by atoms with Gasteiger partial charge in [0, 0.05) is 31.9 Å². The summed E-state index contributed by atoms with van der Waals surface area (Å²) in [6, 6.07) is 3.29. The maximum atomic E-state index is 12.5. The summed E-state index contributed by atoms with van der Waals surface area (Å²) in [5, 5.41) is 9.02. The molecule has 0 spiro atoms. The van der Waals surface area contributed by atoms with Crippen molar-refractivity contribution in [2.45, 2.75) is 31.0 Å². The molecule has 0 amide bonds. The zero-order valence-corrected chi connectivity index (χ0v) is 12.7. The molecule has 2 rings (SSSR count). The van der Waals surface area contributed by atoms with Crippen LogP contribution in [0.2, 0.25) is 0 Å². The number of aliphatic hydroxyl groups is 1. The average Bonchev–Trinajstić information content (AvgIpc) is 2.47. The lowest BCUT2D eigenvalue weighted by Gasteiger charge is -2.38. The molecule has 20 heavy (non-hydrogen) atoms. The van der Waals surface area contributed by atoms with Gasteiger partial charge in [-0.2, -0.15) is 4.31 Å². The van der Waals surface area contributed by atoms with E-state index in [0.29, 0.717) is 18.7 Å². The average molecular weight is 299 g/mol. The smallest absolute Gasteiger partial charge is 0.260 e. The van der Waals surface area contributed by atoms with Crippen LogP contribution in [-0.2, 0) is 16.6 Å². The Hall–Kier alpha value is -1.02. The normalized spacial score (nSPS) is 22.1. The second-order valence-electron chi connectivity index (χ2n) is 5.07. The Morgan fingerprint density at radius 2 is 2.15 bits per heavy atom. The fourth-order valence-corrected chi connectivity index (χ4v) is 3.75. The number of pyridine rings is 1. The number of rotatable bonds is 4. The molecule has 1 aliphatic rings. The molecule has 7 heteroatoms. The van der Waals surface area contributed by atoms with Gasteiger partial charge in [0.1, 0.15) is 0 Å². The van der Waals surface area contributed by atoms with Crippen molar-refractivity contribution >= 4 is 10.0 Å². The Balaban J connectivity index is 2.21. The van der Waals surface area contributed by atoms with Crippen LogP contribution in [0.4, 0.5) is 0 Å². The van der Waals surface area contributed by atoms with E-state index < -0.39 is 10.0 Å². The van der Waals surface area contributed by atoms with Crippen LogP contribution >= 0.6 is 0 Å². The van der Waals surface area contributed by atoms with Gasteiger partial charge in [-0.1, -0.05) is 13.0 Å². The van der Waals surface area contributed by atoms with E-state index in [1.165, 1.54) is 16.6 Å². The minimum absolute atomic E-state index is 0.0501. The van der Waals surface area contributed by atoms with E-state index in [-0.39, 0.29) is 17.7 Å². The first-order chi connectivity index (χ1) is 9.48. The molecule has 0 aromatic carbocycles. The first-order valence-electron chi connectivity index (χ1n) is 6.75. The zero-order chi connectivity index (χ0) is 14.8. The molecule has 1 aliphatic heterocycles. The molecule has 1 atom stereocenters. The van der Waals surface area contributed by atoms with Gasteiger partial charge in [-0.25, -0.2) is 13.4 Å². The van der Waals surface area contributed by atoms with Gasteiger partial charge >= 0.3 is 0 Å². The van der Waals surface area contributed by atoms with E-state index >= 15 is 0 Å². The number of nitrogens with zero attached hydrogens (tertiary/aromatic N) is 3. The molecule has 1 saturated heterocycles.